The van der Waals surface area contributed by atoms with E-state index in [9.17, 15) is 0 Å². The molecule has 0 radical (unpaired) electrons. The molecule has 0 aliphatic heterocycles. The minimum absolute atomic E-state index is 0.191. The summed E-state index contributed by atoms with van der Waals surface area (Å²) < 4.78 is 5.54. The van der Waals surface area contributed by atoms with Crippen molar-refractivity contribution >= 4 is 11.8 Å². The van der Waals surface area contributed by atoms with Crippen LogP contribution >= 0.6 is 11.8 Å². The third-order valence-corrected chi connectivity index (χ3v) is 3.52. The second-order valence-electron chi connectivity index (χ2n) is 4.45. The van der Waals surface area contributed by atoms with Gasteiger partial charge in [-0.2, -0.15) is 0 Å². The standard InChI is InChI=1S/C13H17N3OS/c1-9(2)11(14)12-15-16-13(17-12)18-8-10-6-4-3-5-7-10/h3-7,9,11H,8,14H2,1-2H3. The second kappa shape index (κ2) is 6.02. The van der Waals surface area contributed by atoms with Crippen LogP contribution in [-0.2, 0) is 5.75 Å². The molecular weight excluding hydrogens is 246 g/mol. The number of benzene rings is 1. The molecule has 0 aliphatic rings. The lowest BCUT2D eigenvalue weighted by atomic mass is 10.1. The Bertz CT molecular complexity index is 484. The Morgan fingerprint density at radius 1 is 1.22 bits per heavy atom. The Balaban J connectivity index is 1.95. The van der Waals surface area contributed by atoms with Crippen molar-refractivity contribution in [2.45, 2.75) is 30.9 Å². The molecule has 0 spiro atoms. The third kappa shape index (κ3) is 3.34. The van der Waals surface area contributed by atoms with Gasteiger partial charge >= 0.3 is 0 Å². The molecule has 2 N–H and O–H groups in total. The van der Waals surface area contributed by atoms with Crippen LogP contribution in [-0.4, -0.2) is 10.2 Å². The number of hydrogen-bond acceptors (Lipinski definition) is 5. The molecule has 1 atom stereocenters. The van der Waals surface area contributed by atoms with Gasteiger partial charge in [0.1, 0.15) is 0 Å². The molecule has 1 unspecified atom stereocenters. The maximum atomic E-state index is 5.95. The quantitative estimate of drug-likeness (QED) is 0.840. The molecule has 0 saturated heterocycles. The number of nitrogens with two attached hydrogens (primary N) is 1. The lowest BCUT2D eigenvalue weighted by molar-refractivity contribution is 0.349. The van der Waals surface area contributed by atoms with Crippen LogP contribution in [0.15, 0.2) is 40.0 Å². The van der Waals surface area contributed by atoms with E-state index in [2.05, 4.69) is 22.3 Å². The molecule has 0 amide bonds. The normalized spacial score (nSPS) is 12.9. The van der Waals surface area contributed by atoms with Crippen LogP contribution in [0.2, 0.25) is 0 Å². The van der Waals surface area contributed by atoms with E-state index in [-0.39, 0.29) is 12.0 Å². The van der Waals surface area contributed by atoms with Gasteiger partial charge in [-0.15, -0.1) is 10.2 Å². The summed E-state index contributed by atoms with van der Waals surface area (Å²) >= 11 is 1.53. The predicted molar refractivity (Wildman–Crippen MR) is 72.1 cm³/mol. The van der Waals surface area contributed by atoms with E-state index in [0.29, 0.717) is 11.1 Å². The van der Waals surface area contributed by atoms with Crippen molar-refractivity contribution in [2.75, 3.05) is 0 Å². The van der Waals surface area contributed by atoms with Gasteiger partial charge in [0.2, 0.25) is 5.89 Å². The van der Waals surface area contributed by atoms with Crippen molar-refractivity contribution in [1.29, 1.82) is 0 Å². The van der Waals surface area contributed by atoms with E-state index in [1.165, 1.54) is 17.3 Å². The van der Waals surface area contributed by atoms with Crippen molar-refractivity contribution in [3.63, 3.8) is 0 Å². The van der Waals surface area contributed by atoms with E-state index in [4.69, 9.17) is 10.2 Å². The number of nitrogens with zero attached hydrogens (tertiary/aromatic N) is 2. The first-order chi connectivity index (χ1) is 8.66. The average molecular weight is 263 g/mol. The smallest absolute Gasteiger partial charge is 0.276 e. The van der Waals surface area contributed by atoms with Crippen molar-refractivity contribution in [3.05, 3.63) is 41.8 Å². The minimum atomic E-state index is -0.191. The van der Waals surface area contributed by atoms with Gasteiger partial charge in [0.05, 0.1) is 6.04 Å². The van der Waals surface area contributed by atoms with E-state index >= 15 is 0 Å². The van der Waals surface area contributed by atoms with E-state index in [1.54, 1.807) is 0 Å². The minimum Gasteiger partial charge on any atom is -0.414 e. The van der Waals surface area contributed by atoms with E-state index in [1.807, 2.05) is 32.0 Å². The summed E-state index contributed by atoms with van der Waals surface area (Å²) in [6, 6.07) is 9.99. The second-order valence-corrected chi connectivity index (χ2v) is 5.38. The fourth-order valence-electron chi connectivity index (χ4n) is 1.42. The molecule has 0 fully saturated rings. The van der Waals surface area contributed by atoms with E-state index < -0.39 is 0 Å². The first-order valence-electron chi connectivity index (χ1n) is 5.92. The summed E-state index contributed by atoms with van der Waals surface area (Å²) in [5.74, 6) is 1.62. The zero-order valence-corrected chi connectivity index (χ0v) is 11.4. The first kappa shape index (κ1) is 13.1. The molecule has 4 nitrogen and oxygen atoms in total. The van der Waals surface area contributed by atoms with Crippen molar-refractivity contribution < 1.29 is 4.42 Å². The van der Waals surface area contributed by atoms with Crippen molar-refractivity contribution in [3.8, 4) is 0 Å². The molecule has 2 aromatic rings. The highest BCUT2D eigenvalue weighted by atomic mass is 32.2. The van der Waals surface area contributed by atoms with Gasteiger partial charge in [0.15, 0.2) is 0 Å². The maximum absolute atomic E-state index is 5.95. The predicted octanol–water partition coefficient (Wildman–Crippen LogP) is 3.02. The average Bonchev–Trinajstić information content (AvgIpc) is 2.85. The fraction of sp³-hybridized carbons (Fsp3) is 0.385. The molecule has 5 heteroatoms. The SMILES string of the molecule is CC(C)C(N)c1nnc(SCc2ccccc2)o1. The van der Waals surface area contributed by atoms with Crippen LogP contribution in [0.5, 0.6) is 0 Å². The van der Waals surface area contributed by atoms with Crippen molar-refractivity contribution in [1.82, 2.24) is 10.2 Å². The molecule has 0 aliphatic carbocycles. The molecular formula is C13H17N3OS. The van der Waals surface area contributed by atoms with Crippen LogP contribution in [0.1, 0.15) is 31.3 Å². The summed E-state index contributed by atoms with van der Waals surface area (Å²) in [7, 11) is 0. The Morgan fingerprint density at radius 2 is 1.94 bits per heavy atom. The Morgan fingerprint density at radius 3 is 2.61 bits per heavy atom. The monoisotopic (exact) mass is 263 g/mol. The summed E-state index contributed by atoms with van der Waals surface area (Å²) in [5, 5.41) is 8.56. The van der Waals surface area contributed by atoms with Crippen LogP contribution < -0.4 is 5.73 Å². The number of thioether (sulfide) groups is 1. The van der Waals surface area contributed by atoms with Crippen LogP contribution in [0.25, 0.3) is 0 Å². The largest absolute Gasteiger partial charge is 0.414 e. The summed E-state index contributed by atoms with van der Waals surface area (Å²) in [6.07, 6.45) is 0. The van der Waals surface area contributed by atoms with E-state index in [0.717, 1.165) is 5.75 Å². The van der Waals surface area contributed by atoms with Gasteiger partial charge in [0, 0.05) is 5.75 Å². The first-order valence-corrected chi connectivity index (χ1v) is 6.91. The Hall–Kier alpha value is -1.33. The summed E-state index contributed by atoms with van der Waals surface area (Å²) in [5.41, 5.74) is 7.18. The Kier molecular flexibility index (Phi) is 4.38. The topological polar surface area (TPSA) is 64.9 Å². The zero-order valence-electron chi connectivity index (χ0n) is 10.5. The fourth-order valence-corrected chi connectivity index (χ4v) is 2.14. The van der Waals surface area contributed by atoms with Gasteiger partial charge in [-0.25, -0.2) is 0 Å². The van der Waals surface area contributed by atoms with Crippen LogP contribution in [0.3, 0.4) is 0 Å². The van der Waals surface area contributed by atoms with Gasteiger partial charge < -0.3 is 10.2 Å². The van der Waals surface area contributed by atoms with Crippen LogP contribution in [0, 0.1) is 5.92 Å². The number of rotatable bonds is 5. The maximum Gasteiger partial charge on any atom is 0.276 e. The molecule has 96 valence electrons. The lowest BCUT2D eigenvalue weighted by Gasteiger charge is -2.09. The molecule has 1 heterocycles. The lowest BCUT2D eigenvalue weighted by Crippen LogP contribution is -2.16. The molecule has 1 aromatic carbocycles. The highest BCUT2D eigenvalue weighted by molar-refractivity contribution is 7.98. The van der Waals surface area contributed by atoms with Gasteiger partial charge in [0.25, 0.3) is 5.22 Å². The zero-order chi connectivity index (χ0) is 13.0. The van der Waals surface area contributed by atoms with Gasteiger partial charge in [-0.05, 0) is 11.5 Å². The Labute approximate surface area is 111 Å². The van der Waals surface area contributed by atoms with Crippen molar-refractivity contribution in [2.24, 2.45) is 11.7 Å². The van der Waals surface area contributed by atoms with Crippen LogP contribution in [0.4, 0.5) is 0 Å². The summed E-state index contributed by atoms with van der Waals surface area (Å²) in [6.45, 7) is 4.07. The third-order valence-electron chi connectivity index (χ3n) is 2.63. The molecule has 0 bridgehead atoms. The molecule has 18 heavy (non-hydrogen) atoms. The molecule has 0 saturated carbocycles. The molecule has 1 aromatic heterocycles. The molecule has 2 rings (SSSR count). The van der Waals surface area contributed by atoms with Gasteiger partial charge in [-0.1, -0.05) is 55.9 Å². The summed E-state index contributed by atoms with van der Waals surface area (Å²) in [4.78, 5) is 0. The number of hydrogen-bond donors (Lipinski definition) is 1. The van der Waals surface area contributed by atoms with Gasteiger partial charge in [-0.3, -0.25) is 0 Å². The number of aromatic nitrogens is 2. The highest BCUT2D eigenvalue weighted by Crippen LogP contribution is 2.24. The highest BCUT2D eigenvalue weighted by Gasteiger charge is 2.17.